The van der Waals surface area contributed by atoms with Crippen LogP contribution in [-0.2, 0) is 26.6 Å². The highest BCUT2D eigenvalue weighted by Crippen LogP contribution is 2.23. The number of benzene rings is 1. The maximum atomic E-state index is 12.9. The quantitative estimate of drug-likeness (QED) is 0.670. The number of aryl methyl sites for hydroxylation is 2. The second-order valence-electron chi connectivity index (χ2n) is 8.17. The van der Waals surface area contributed by atoms with Gasteiger partial charge in [-0.2, -0.15) is 5.10 Å². The van der Waals surface area contributed by atoms with E-state index in [4.69, 9.17) is 11.6 Å². The van der Waals surface area contributed by atoms with E-state index in [0.717, 1.165) is 29.7 Å². The number of nitrogens with zero attached hydrogens (tertiary/aromatic N) is 5. The predicted molar refractivity (Wildman–Crippen MR) is 117 cm³/mol. The van der Waals surface area contributed by atoms with Crippen molar-refractivity contribution in [1.82, 2.24) is 29.1 Å². The van der Waals surface area contributed by atoms with Crippen molar-refractivity contribution >= 4 is 28.4 Å². The number of aromatic nitrogens is 4. The molecule has 0 fully saturated rings. The second kappa shape index (κ2) is 8.28. The highest BCUT2D eigenvalue weighted by Gasteiger charge is 2.23. The first-order valence-corrected chi connectivity index (χ1v) is 10.6. The molecule has 1 atom stereocenters. The van der Waals surface area contributed by atoms with Crippen molar-refractivity contribution in [2.75, 3.05) is 20.6 Å². The Morgan fingerprint density at radius 1 is 1.30 bits per heavy atom. The van der Waals surface area contributed by atoms with Crippen molar-refractivity contribution in [3.63, 3.8) is 0 Å². The van der Waals surface area contributed by atoms with Gasteiger partial charge in [0.2, 0.25) is 0 Å². The Hall–Kier alpha value is -2.58. The number of halogens is 1. The van der Waals surface area contributed by atoms with Gasteiger partial charge in [-0.3, -0.25) is 9.36 Å². The molecule has 0 aliphatic carbocycles. The van der Waals surface area contributed by atoms with Crippen LogP contribution in [0.4, 0.5) is 0 Å². The van der Waals surface area contributed by atoms with E-state index in [2.05, 4.69) is 10.4 Å². The maximum Gasteiger partial charge on any atom is 0.345 e. The summed E-state index contributed by atoms with van der Waals surface area (Å²) in [5, 5.41) is 9.28. The number of fused-ring (bicyclic) bond motifs is 2. The molecule has 9 heteroatoms. The molecule has 3 aromatic rings. The van der Waals surface area contributed by atoms with E-state index in [-0.39, 0.29) is 17.6 Å². The maximum absolute atomic E-state index is 12.9. The number of rotatable bonds is 5. The first-order valence-electron chi connectivity index (χ1n) is 10.2. The highest BCUT2D eigenvalue weighted by molar-refractivity contribution is 6.31. The van der Waals surface area contributed by atoms with E-state index in [1.807, 2.05) is 54.9 Å². The van der Waals surface area contributed by atoms with Crippen molar-refractivity contribution in [3.8, 4) is 0 Å². The zero-order valence-corrected chi connectivity index (χ0v) is 18.3. The monoisotopic (exact) mass is 430 g/mol. The van der Waals surface area contributed by atoms with Gasteiger partial charge in [0.1, 0.15) is 11.5 Å². The molecule has 0 spiro atoms. The molecule has 3 heterocycles. The van der Waals surface area contributed by atoms with Gasteiger partial charge in [-0.15, -0.1) is 0 Å². The van der Waals surface area contributed by atoms with Crippen molar-refractivity contribution in [2.24, 2.45) is 7.05 Å². The number of carbonyl (C=O) groups is 1. The topological polar surface area (TPSA) is 77.1 Å². The summed E-state index contributed by atoms with van der Waals surface area (Å²) >= 11 is 6.09. The van der Waals surface area contributed by atoms with Gasteiger partial charge < -0.3 is 14.8 Å². The van der Waals surface area contributed by atoms with E-state index in [1.54, 1.807) is 9.25 Å². The van der Waals surface area contributed by atoms with Crippen molar-refractivity contribution in [3.05, 3.63) is 51.3 Å². The number of likely N-dealkylation sites (N-methyl/N-ethyl adjacent to an activating group) is 1. The Labute approximate surface area is 180 Å². The summed E-state index contributed by atoms with van der Waals surface area (Å²) in [4.78, 5) is 27.6. The average molecular weight is 431 g/mol. The summed E-state index contributed by atoms with van der Waals surface area (Å²) in [7, 11) is 5.82. The third kappa shape index (κ3) is 4.02. The molecule has 0 saturated carbocycles. The van der Waals surface area contributed by atoms with Gasteiger partial charge in [0, 0.05) is 48.5 Å². The van der Waals surface area contributed by atoms with Crippen LogP contribution in [0.15, 0.2) is 29.1 Å². The van der Waals surface area contributed by atoms with E-state index in [1.165, 1.54) is 0 Å². The van der Waals surface area contributed by atoms with Crippen LogP contribution in [0.5, 0.6) is 0 Å². The second-order valence-corrected chi connectivity index (χ2v) is 8.60. The number of hydrogen-bond acceptors (Lipinski definition) is 4. The van der Waals surface area contributed by atoms with Crippen LogP contribution in [0.3, 0.4) is 0 Å². The minimum atomic E-state index is -0.113. The van der Waals surface area contributed by atoms with Crippen LogP contribution in [0.25, 0.3) is 10.9 Å². The lowest BCUT2D eigenvalue weighted by Gasteiger charge is -2.16. The lowest BCUT2D eigenvalue weighted by Crippen LogP contribution is -2.36. The van der Waals surface area contributed by atoms with Crippen LogP contribution < -0.4 is 11.0 Å². The summed E-state index contributed by atoms with van der Waals surface area (Å²) in [6, 6.07) is 7.48. The molecule has 0 radical (unpaired) electrons. The molecule has 0 saturated heterocycles. The van der Waals surface area contributed by atoms with Crippen LogP contribution >= 0.6 is 11.6 Å². The summed E-state index contributed by atoms with van der Waals surface area (Å²) < 4.78 is 5.16. The number of hydrogen-bond donors (Lipinski definition) is 1. The van der Waals surface area contributed by atoms with Gasteiger partial charge >= 0.3 is 5.69 Å². The molecule has 0 bridgehead atoms. The SMILES string of the molecule is CN(C)CCn1nc2n(c1=O)CCC(NC(=O)c1cc3ccc(Cl)cc3n1C)CC2. The minimum absolute atomic E-state index is 0.00424. The molecule has 1 aromatic carbocycles. The molecule has 30 heavy (non-hydrogen) atoms. The molecular formula is C21H27ClN6O2. The Morgan fingerprint density at radius 3 is 2.87 bits per heavy atom. The van der Waals surface area contributed by atoms with E-state index < -0.39 is 0 Å². The van der Waals surface area contributed by atoms with Crippen LogP contribution in [0.2, 0.25) is 5.02 Å². The third-order valence-corrected chi connectivity index (χ3v) is 5.99. The Morgan fingerprint density at radius 2 is 2.10 bits per heavy atom. The van der Waals surface area contributed by atoms with Gasteiger partial charge in [0.25, 0.3) is 5.91 Å². The minimum Gasteiger partial charge on any atom is -0.348 e. The standard InChI is InChI=1S/C21H27ClN6O2/c1-25(2)10-11-28-21(30)27-9-8-16(6-7-19(27)24-28)23-20(29)18-12-14-4-5-15(22)13-17(14)26(18)3/h4-5,12-13,16H,6-11H2,1-3H3,(H,23,29). The van der Waals surface area contributed by atoms with Crippen molar-refractivity contribution in [2.45, 2.75) is 38.4 Å². The van der Waals surface area contributed by atoms with Gasteiger partial charge in [0.05, 0.1) is 6.54 Å². The molecule has 8 nitrogen and oxygen atoms in total. The van der Waals surface area contributed by atoms with E-state index >= 15 is 0 Å². The van der Waals surface area contributed by atoms with Crippen LogP contribution in [0, 0.1) is 0 Å². The molecule has 4 rings (SSSR count). The summed E-state index contributed by atoms with van der Waals surface area (Å²) in [6.07, 6.45) is 2.12. The fourth-order valence-corrected chi connectivity index (χ4v) is 4.16. The number of carbonyl (C=O) groups excluding carboxylic acids is 1. The molecule has 1 amide bonds. The van der Waals surface area contributed by atoms with E-state index in [0.29, 0.717) is 36.6 Å². The third-order valence-electron chi connectivity index (χ3n) is 5.75. The average Bonchev–Trinajstić information content (AvgIpc) is 3.10. The van der Waals surface area contributed by atoms with Crippen molar-refractivity contribution in [1.29, 1.82) is 0 Å². The fourth-order valence-electron chi connectivity index (χ4n) is 3.99. The summed E-state index contributed by atoms with van der Waals surface area (Å²) in [5.41, 5.74) is 1.46. The molecule has 1 unspecified atom stereocenters. The molecule has 160 valence electrons. The van der Waals surface area contributed by atoms with Gasteiger partial charge in [0.15, 0.2) is 0 Å². The Kier molecular flexibility index (Phi) is 5.71. The lowest BCUT2D eigenvalue weighted by atomic mass is 10.1. The predicted octanol–water partition coefficient (Wildman–Crippen LogP) is 1.89. The summed E-state index contributed by atoms with van der Waals surface area (Å²) in [5.74, 6) is 0.688. The normalized spacial score (nSPS) is 16.6. The fraction of sp³-hybridized carbons (Fsp3) is 0.476. The van der Waals surface area contributed by atoms with E-state index in [9.17, 15) is 9.59 Å². The Bertz CT molecular complexity index is 1140. The van der Waals surface area contributed by atoms with Gasteiger partial charge in [-0.05, 0) is 45.1 Å². The number of amides is 1. The van der Waals surface area contributed by atoms with Crippen LogP contribution in [-0.4, -0.2) is 56.4 Å². The van der Waals surface area contributed by atoms with Gasteiger partial charge in [-0.1, -0.05) is 17.7 Å². The molecule has 2 aromatic heterocycles. The smallest absolute Gasteiger partial charge is 0.345 e. The molecule has 1 N–H and O–H groups in total. The highest BCUT2D eigenvalue weighted by atomic mass is 35.5. The summed E-state index contributed by atoms with van der Waals surface area (Å²) in [6.45, 7) is 1.91. The molecule has 1 aliphatic heterocycles. The zero-order valence-electron chi connectivity index (χ0n) is 17.6. The Balaban J connectivity index is 1.45. The lowest BCUT2D eigenvalue weighted by molar-refractivity contribution is 0.0925. The largest absolute Gasteiger partial charge is 0.348 e. The zero-order chi connectivity index (χ0) is 21.4. The number of nitrogens with one attached hydrogen (secondary N) is 1. The first-order chi connectivity index (χ1) is 14.3. The molecule has 1 aliphatic rings. The van der Waals surface area contributed by atoms with Crippen LogP contribution in [0.1, 0.15) is 29.2 Å². The van der Waals surface area contributed by atoms with Crippen molar-refractivity contribution < 1.29 is 4.79 Å². The molecular weight excluding hydrogens is 404 g/mol. The van der Waals surface area contributed by atoms with Gasteiger partial charge in [-0.25, -0.2) is 9.48 Å². The first kappa shape index (κ1) is 20.7.